The van der Waals surface area contributed by atoms with Crippen molar-refractivity contribution in [1.82, 2.24) is 9.55 Å². The molecule has 0 fully saturated rings. The van der Waals surface area contributed by atoms with Crippen LogP contribution in [0.15, 0.2) is 31.1 Å². The van der Waals surface area contributed by atoms with E-state index >= 15 is 0 Å². The Hall–Kier alpha value is -1.28. The van der Waals surface area contributed by atoms with Crippen molar-refractivity contribution in [3.05, 3.63) is 36.1 Å². The van der Waals surface area contributed by atoms with Gasteiger partial charge >= 0.3 is 0 Å². The standard InChI is InChI=1S/C10H9ClN2/c1-7(2)13-6-12-9-5-8(11)3-4-10(9)13/h3-6H,1H2,2H3. The zero-order valence-corrected chi connectivity index (χ0v) is 8.04. The van der Waals surface area contributed by atoms with E-state index in [9.17, 15) is 0 Å². The number of allylic oxidation sites excluding steroid dienone is 1. The van der Waals surface area contributed by atoms with Crippen LogP contribution < -0.4 is 0 Å². The molecule has 0 aliphatic heterocycles. The molecule has 0 amide bonds. The molecule has 0 radical (unpaired) electrons. The Bertz CT molecular complexity index is 471. The molecule has 0 aliphatic rings. The van der Waals surface area contributed by atoms with Crippen molar-refractivity contribution in [3.8, 4) is 0 Å². The van der Waals surface area contributed by atoms with Gasteiger partial charge in [-0.2, -0.15) is 0 Å². The lowest BCUT2D eigenvalue weighted by Gasteiger charge is -2.00. The van der Waals surface area contributed by atoms with Crippen molar-refractivity contribution in [1.29, 1.82) is 0 Å². The van der Waals surface area contributed by atoms with E-state index in [1.54, 1.807) is 6.33 Å². The summed E-state index contributed by atoms with van der Waals surface area (Å²) in [5, 5.41) is 0.708. The Kier molecular flexibility index (Phi) is 1.85. The Morgan fingerprint density at radius 2 is 2.31 bits per heavy atom. The fraction of sp³-hybridized carbons (Fsp3) is 0.100. The first-order valence-electron chi connectivity index (χ1n) is 3.97. The van der Waals surface area contributed by atoms with E-state index in [0.717, 1.165) is 16.7 Å². The molecule has 0 spiro atoms. The fourth-order valence-electron chi connectivity index (χ4n) is 1.29. The van der Waals surface area contributed by atoms with Crippen LogP contribution in [0.25, 0.3) is 16.7 Å². The predicted octanol–water partition coefficient (Wildman–Crippen LogP) is 3.18. The summed E-state index contributed by atoms with van der Waals surface area (Å²) in [5.41, 5.74) is 2.89. The number of hydrogen-bond acceptors (Lipinski definition) is 1. The largest absolute Gasteiger partial charge is 0.304 e. The van der Waals surface area contributed by atoms with Crippen molar-refractivity contribution >= 4 is 28.3 Å². The Morgan fingerprint density at radius 1 is 1.54 bits per heavy atom. The summed E-state index contributed by atoms with van der Waals surface area (Å²) in [6.07, 6.45) is 1.75. The second-order valence-corrected chi connectivity index (χ2v) is 3.42. The number of halogens is 1. The van der Waals surface area contributed by atoms with Crippen LogP contribution in [0.4, 0.5) is 0 Å². The first-order valence-corrected chi connectivity index (χ1v) is 4.35. The van der Waals surface area contributed by atoms with Gasteiger partial charge in [0.2, 0.25) is 0 Å². The lowest BCUT2D eigenvalue weighted by atomic mass is 10.3. The maximum absolute atomic E-state index is 5.84. The quantitative estimate of drug-likeness (QED) is 0.679. The third-order valence-corrected chi connectivity index (χ3v) is 2.16. The molecule has 0 saturated carbocycles. The highest BCUT2D eigenvalue weighted by atomic mass is 35.5. The highest BCUT2D eigenvalue weighted by molar-refractivity contribution is 6.31. The third kappa shape index (κ3) is 1.33. The minimum atomic E-state index is 0.708. The molecule has 1 aromatic heterocycles. The minimum absolute atomic E-state index is 0.708. The van der Waals surface area contributed by atoms with Gasteiger partial charge in [-0.3, -0.25) is 0 Å². The number of imidazole rings is 1. The molecule has 13 heavy (non-hydrogen) atoms. The summed E-state index contributed by atoms with van der Waals surface area (Å²) in [6.45, 7) is 5.80. The van der Waals surface area contributed by atoms with Gasteiger partial charge in [0.25, 0.3) is 0 Å². The number of fused-ring (bicyclic) bond motifs is 1. The van der Waals surface area contributed by atoms with Crippen LogP contribution in [-0.2, 0) is 0 Å². The van der Waals surface area contributed by atoms with E-state index in [4.69, 9.17) is 11.6 Å². The first-order chi connectivity index (χ1) is 6.18. The second kappa shape index (κ2) is 2.89. The van der Waals surface area contributed by atoms with E-state index in [2.05, 4.69) is 11.6 Å². The van der Waals surface area contributed by atoms with Gasteiger partial charge in [0.1, 0.15) is 6.33 Å². The summed E-state index contributed by atoms with van der Waals surface area (Å²) in [6, 6.07) is 5.64. The highest BCUT2D eigenvalue weighted by Crippen LogP contribution is 2.19. The molecular formula is C10H9ClN2. The summed E-state index contributed by atoms with van der Waals surface area (Å²) >= 11 is 5.84. The van der Waals surface area contributed by atoms with Crippen molar-refractivity contribution in [2.24, 2.45) is 0 Å². The van der Waals surface area contributed by atoms with Crippen LogP contribution in [-0.4, -0.2) is 9.55 Å². The molecule has 1 heterocycles. The molecule has 0 saturated heterocycles. The van der Waals surface area contributed by atoms with E-state index in [1.807, 2.05) is 29.7 Å². The molecule has 3 heteroatoms. The Balaban J connectivity index is 2.76. The molecule has 0 N–H and O–H groups in total. The molecule has 0 unspecified atom stereocenters. The lowest BCUT2D eigenvalue weighted by molar-refractivity contribution is 1.12. The molecular weight excluding hydrogens is 184 g/mol. The molecule has 2 rings (SSSR count). The van der Waals surface area contributed by atoms with Crippen molar-refractivity contribution in [2.45, 2.75) is 6.92 Å². The molecule has 2 aromatic rings. The number of rotatable bonds is 1. The Morgan fingerprint density at radius 3 is 3.00 bits per heavy atom. The van der Waals surface area contributed by atoms with Crippen molar-refractivity contribution in [3.63, 3.8) is 0 Å². The summed E-state index contributed by atoms with van der Waals surface area (Å²) in [7, 11) is 0. The topological polar surface area (TPSA) is 17.8 Å². The highest BCUT2D eigenvalue weighted by Gasteiger charge is 2.02. The number of nitrogens with zero attached hydrogens (tertiary/aromatic N) is 2. The smallest absolute Gasteiger partial charge is 0.100 e. The van der Waals surface area contributed by atoms with Crippen LogP contribution in [0.5, 0.6) is 0 Å². The summed E-state index contributed by atoms with van der Waals surface area (Å²) in [5.74, 6) is 0. The maximum atomic E-state index is 5.84. The van der Waals surface area contributed by atoms with Crippen molar-refractivity contribution < 1.29 is 0 Å². The average molecular weight is 193 g/mol. The van der Waals surface area contributed by atoms with Gasteiger partial charge in [0.05, 0.1) is 11.0 Å². The molecule has 66 valence electrons. The van der Waals surface area contributed by atoms with Crippen LogP contribution in [0.1, 0.15) is 6.92 Å². The van der Waals surface area contributed by atoms with E-state index in [0.29, 0.717) is 5.02 Å². The van der Waals surface area contributed by atoms with Gasteiger partial charge in [-0.1, -0.05) is 18.2 Å². The molecule has 2 nitrogen and oxygen atoms in total. The number of aromatic nitrogens is 2. The van der Waals surface area contributed by atoms with Gasteiger partial charge < -0.3 is 4.57 Å². The van der Waals surface area contributed by atoms with Gasteiger partial charge in [0.15, 0.2) is 0 Å². The van der Waals surface area contributed by atoms with E-state index in [1.165, 1.54) is 0 Å². The summed E-state index contributed by atoms with van der Waals surface area (Å²) in [4.78, 5) is 4.22. The Labute approximate surface area is 81.5 Å². The SMILES string of the molecule is C=C(C)n1cnc2cc(Cl)ccc21. The van der Waals surface area contributed by atoms with Crippen molar-refractivity contribution in [2.75, 3.05) is 0 Å². The third-order valence-electron chi connectivity index (χ3n) is 1.92. The van der Waals surface area contributed by atoms with Gasteiger partial charge in [-0.05, 0) is 25.1 Å². The van der Waals surface area contributed by atoms with E-state index in [-0.39, 0.29) is 0 Å². The molecule has 0 bridgehead atoms. The molecule has 1 aromatic carbocycles. The fourth-order valence-corrected chi connectivity index (χ4v) is 1.46. The normalized spacial score (nSPS) is 10.6. The second-order valence-electron chi connectivity index (χ2n) is 2.98. The van der Waals surface area contributed by atoms with Crippen LogP contribution in [0.2, 0.25) is 5.02 Å². The minimum Gasteiger partial charge on any atom is -0.304 e. The zero-order valence-electron chi connectivity index (χ0n) is 7.29. The van der Waals surface area contributed by atoms with Crippen LogP contribution in [0, 0.1) is 0 Å². The van der Waals surface area contributed by atoms with Gasteiger partial charge in [-0.15, -0.1) is 0 Å². The molecule has 0 aliphatic carbocycles. The molecule has 0 atom stereocenters. The van der Waals surface area contributed by atoms with E-state index < -0.39 is 0 Å². The zero-order chi connectivity index (χ0) is 9.42. The van der Waals surface area contributed by atoms with Crippen LogP contribution in [0.3, 0.4) is 0 Å². The van der Waals surface area contributed by atoms with Gasteiger partial charge in [0, 0.05) is 10.7 Å². The monoisotopic (exact) mass is 192 g/mol. The lowest BCUT2D eigenvalue weighted by Crippen LogP contribution is -1.88. The number of hydrogen-bond donors (Lipinski definition) is 0. The first kappa shape index (κ1) is 8.32. The average Bonchev–Trinajstić information content (AvgIpc) is 2.46. The van der Waals surface area contributed by atoms with Crippen LogP contribution >= 0.6 is 11.6 Å². The maximum Gasteiger partial charge on any atom is 0.100 e. The van der Waals surface area contributed by atoms with Gasteiger partial charge in [-0.25, -0.2) is 4.98 Å². The number of benzene rings is 1. The summed E-state index contributed by atoms with van der Waals surface area (Å²) < 4.78 is 1.94. The predicted molar refractivity (Wildman–Crippen MR) is 55.7 cm³/mol.